The SMILES string of the molecule is CCN(CC1CCCNC1)C(=O)c1cc2ccccc2o1. The van der Waals surface area contributed by atoms with Crippen molar-refractivity contribution in [1.82, 2.24) is 10.2 Å². The number of piperidine rings is 1. The van der Waals surface area contributed by atoms with Gasteiger partial charge in [-0.2, -0.15) is 0 Å². The van der Waals surface area contributed by atoms with Crippen LogP contribution in [0.4, 0.5) is 0 Å². The summed E-state index contributed by atoms with van der Waals surface area (Å²) in [5, 5.41) is 4.39. The van der Waals surface area contributed by atoms with E-state index in [2.05, 4.69) is 5.32 Å². The van der Waals surface area contributed by atoms with Gasteiger partial charge < -0.3 is 14.6 Å². The highest BCUT2D eigenvalue weighted by Crippen LogP contribution is 2.21. The summed E-state index contributed by atoms with van der Waals surface area (Å²) >= 11 is 0. The number of para-hydroxylation sites is 1. The van der Waals surface area contributed by atoms with Crippen molar-refractivity contribution in [3.8, 4) is 0 Å². The number of fused-ring (bicyclic) bond motifs is 1. The molecule has 0 aliphatic carbocycles. The number of nitrogens with one attached hydrogen (secondary N) is 1. The molecule has 1 fully saturated rings. The summed E-state index contributed by atoms with van der Waals surface area (Å²) in [5.74, 6) is 0.994. The summed E-state index contributed by atoms with van der Waals surface area (Å²) in [6.45, 7) is 5.65. The minimum absolute atomic E-state index is 0.000673. The third kappa shape index (κ3) is 3.10. The average molecular weight is 286 g/mol. The Kier molecular flexibility index (Phi) is 4.25. The van der Waals surface area contributed by atoms with Gasteiger partial charge in [0.1, 0.15) is 5.58 Å². The van der Waals surface area contributed by atoms with Gasteiger partial charge in [-0.15, -0.1) is 0 Å². The zero-order valence-electron chi connectivity index (χ0n) is 12.5. The summed E-state index contributed by atoms with van der Waals surface area (Å²) in [7, 11) is 0. The summed E-state index contributed by atoms with van der Waals surface area (Å²) < 4.78 is 5.69. The van der Waals surface area contributed by atoms with Crippen molar-refractivity contribution >= 4 is 16.9 Å². The van der Waals surface area contributed by atoms with E-state index in [-0.39, 0.29) is 5.91 Å². The fourth-order valence-corrected chi connectivity index (χ4v) is 2.99. The molecule has 1 amide bonds. The Balaban J connectivity index is 1.74. The first kappa shape index (κ1) is 14.1. The molecular formula is C17H22N2O2. The van der Waals surface area contributed by atoms with E-state index in [0.29, 0.717) is 18.2 Å². The lowest BCUT2D eigenvalue weighted by atomic mass is 9.99. The molecule has 21 heavy (non-hydrogen) atoms. The Morgan fingerprint density at radius 1 is 1.43 bits per heavy atom. The van der Waals surface area contributed by atoms with Gasteiger partial charge in [0.05, 0.1) is 0 Å². The molecule has 112 valence electrons. The topological polar surface area (TPSA) is 45.5 Å². The molecule has 3 rings (SSSR count). The standard InChI is InChI=1S/C17H22N2O2/c1-2-19(12-13-6-5-9-18-11-13)17(20)16-10-14-7-3-4-8-15(14)21-16/h3-4,7-8,10,13,18H,2,5-6,9,11-12H2,1H3. The Hall–Kier alpha value is -1.81. The van der Waals surface area contributed by atoms with E-state index in [1.54, 1.807) is 0 Å². The fourth-order valence-electron chi connectivity index (χ4n) is 2.99. The van der Waals surface area contributed by atoms with Gasteiger partial charge in [-0.1, -0.05) is 18.2 Å². The molecule has 4 heteroatoms. The average Bonchev–Trinajstić information content (AvgIpc) is 2.97. The third-order valence-electron chi connectivity index (χ3n) is 4.18. The number of amides is 1. The van der Waals surface area contributed by atoms with E-state index in [0.717, 1.165) is 30.6 Å². The summed E-state index contributed by atoms with van der Waals surface area (Å²) in [6.07, 6.45) is 2.39. The maximum atomic E-state index is 12.6. The van der Waals surface area contributed by atoms with Crippen LogP contribution in [-0.2, 0) is 0 Å². The van der Waals surface area contributed by atoms with Gasteiger partial charge in [0.25, 0.3) is 5.91 Å². The van der Waals surface area contributed by atoms with Gasteiger partial charge >= 0.3 is 0 Å². The van der Waals surface area contributed by atoms with Crippen LogP contribution in [0.25, 0.3) is 11.0 Å². The molecule has 0 spiro atoms. The van der Waals surface area contributed by atoms with E-state index < -0.39 is 0 Å². The predicted molar refractivity (Wildman–Crippen MR) is 83.4 cm³/mol. The predicted octanol–water partition coefficient (Wildman–Crippen LogP) is 2.89. The highest BCUT2D eigenvalue weighted by Gasteiger charge is 2.23. The molecule has 0 saturated carbocycles. The molecule has 1 N–H and O–H groups in total. The van der Waals surface area contributed by atoms with Gasteiger partial charge in [-0.25, -0.2) is 0 Å². The summed E-state index contributed by atoms with van der Waals surface area (Å²) in [6, 6.07) is 9.59. The second kappa shape index (κ2) is 6.31. The van der Waals surface area contributed by atoms with Crippen LogP contribution >= 0.6 is 0 Å². The Morgan fingerprint density at radius 3 is 3.00 bits per heavy atom. The first-order chi connectivity index (χ1) is 10.3. The lowest BCUT2D eigenvalue weighted by Crippen LogP contribution is -2.40. The smallest absolute Gasteiger partial charge is 0.289 e. The van der Waals surface area contributed by atoms with Gasteiger partial charge in [0, 0.05) is 18.5 Å². The molecule has 2 heterocycles. The van der Waals surface area contributed by atoms with Crippen LogP contribution in [-0.4, -0.2) is 37.0 Å². The van der Waals surface area contributed by atoms with Gasteiger partial charge in [-0.3, -0.25) is 4.79 Å². The zero-order valence-corrected chi connectivity index (χ0v) is 12.5. The molecule has 1 atom stereocenters. The van der Waals surface area contributed by atoms with E-state index >= 15 is 0 Å². The van der Waals surface area contributed by atoms with E-state index in [1.807, 2.05) is 42.2 Å². The van der Waals surface area contributed by atoms with Crippen LogP contribution in [0, 0.1) is 5.92 Å². The lowest BCUT2D eigenvalue weighted by Gasteiger charge is -2.29. The van der Waals surface area contributed by atoms with Crippen LogP contribution in [0.2, 0.25) is 0 Å². The van der Waals surface area contributed by atoms with Crippen LogP contribution < -0.4 is 5.32 Å². The minimum Gasteiger partial charge on any atom is -0.451 e. The molecule has 1 aromatic carbocycles. The monoisotopic (exact) mass is 286 g/mol. The van der Waals surface area contributed by atoms with E-state index in [4.69, 9.17) is 4.42 Å². The molecular weight excluding hydrogens is 264 g/mol. The van der Waals surface area contributed by atoms with Crippen LogP contribution in [0.3, 0.4) is 0 Å². The Morgan fingerprint density at radius 2 is 2.29 bits per heavy atom. The van der Waals surface area contributed by atoms with Crippen molar-refractivity contribution in [3.05, 3.63) is 36.1 Å². The van der Waals surface area contributed by atoms with E-state index in [9.17, 15) is 4.79 Å². The van der Waals surface area contributed by atoms with Crippen LogP contribution in [0.15, 0.2) is 34.7 Å². The number of rotatable bonds is 4. The number of carbonyl (C=O) groups is 1. The highest BCUT2D eigenvalue weighted by atomic mass is 16.3. The first-order valence-corrected chi connectivity index (χ1v) is 7.76. The largest absolute Gasteiger partial charge is 0.451 e. The number of benzene rings is 1. The van der Waals surface area contributed by atoms with Crippen LogP contribution in [0.1, 0.15) is 30.3 Å². The van der Waals surface area contributed by atoms with Crippen molar-refractivity contribution < 1.29 is 9.21 Å². The Labute approximate surface area is 125 Å². The molecule has 1 unspecified atom stereocenters. The van der Waals surface area contributed by atoms with Crippen molar-refractivity contribution in [1.29, 1.82) is 0 Å². The maximum Gasteiger partial charge on any atom is 0.289 e. The van der Waals surface area contributed by atoms with Gasteiger partial charge in [-0.05, 0) is 50.9 Å². The molecule has 1 aliphatic heterocycles. The molecule has 1 saturated heterocycles. The van der Waals surface area contributed by atoms with E-state index in [1.165, 1.54) is 12.8 Å². The summed E-state index contributed by atoms with van der Waals surface area (Å²) in [4.78, 5) is 14.5. The fraction of sp³-hybridized carbons (Fsp3) is 0.471. The Bertz CT molecular complexity index is 581. The number of nitrogens with zero attached hydrogens (tertiary/aromatic N) is 1. The highest BCUT2D eigenvalue weighted by molar-refractivity contribution is 5.96. The second-order valence-corrected chi connectivity index (χ2v) is 5.70. The number of hydrogen-bond acceptors (Lipinski definition) is 3. The quantitative estimate of drug-likeness (QED) is 0.940. The van der Waals surface area contributed by atoms with Crippen LogP contribution in [0.5, 0.6) is 0 Å². The van der Waals surface area contributed by atoms with Crippen molar-refractivity contribution in [2.45, 2.75) is 19.8 Å². The lowest BCUT2D eigenvalue weighted by molar-refractivity contribution is 0.0699. The van der Waals surface area contributed by atoms with Crippen molar-refractivity contribution in [2.24, 2.45) is 5.92 Å². The zero-order chi connectivity index (χ0) is 14.7. The third-order valence-corrected chi connectivity index (χ3v) is 4.18. The molecule has 1 aliphatic rings. The number of hydrogen-bond donors (Lipinski definition) is 1. The summed E-state index contributed by atoms with van der Waals surface area (Å²) in [5.41, 5.74) is 0.774. The van der Waals surface area contributed by atoms with Crippen molar-refractivity contribution in [3.63, 3.8) is 0 Å². The number of furan rings is 1. The normalized spacial score (nSPS) is 18.8. The molecule has 2 aromatic rings. The molecule has 0 radical (unpaired) electrons. The van der Waals surface area contributed by atoms with Gasteiger partial charge in [0.15, 0.2) is 5.76 Å². The molecule has 1 aromatic heterocycles. The first-order valence-electron chi connectivity index (χ1n) is 7.76. The second-order valence-electron chi connectivity index (χ2n) is 5.70. The number of carbonyl (C=O) groups excluding carboxylic acids is 1. The van der Waals surface area contributed by atoms with Crippen molar-refractivity contribution in [2.75, 3.05) is 26.2 Å². The minimum atomic E-state index is -0.000673. The molecule has 0 bridgehead atoms. The maximum absolute atomic E-state index is 12.6. The molecule has 4 nitrogen and oxygen atoms in total. The van der Waals surface area contributed by atoms with Gasteiger partial charge in [0.2, 0.25) is 0 Å².